The summed E-state index contributed by atoms with van der Waals surface area (Å²) < 4.78 is 45.2. The average molecular weight is 379 g/mol. The molecule has 0 saturated carbocycles. The first-order valence-corrected chi connectivity index (χ1v) is 7.16. The fourth-order valence-electron chi connectivity index (χ4n) is 1.71. The van der Waals surface area contributed by atoms with Gasteiger partial charge in [0.2, 0.25) is 0 Å². The number of carbonyl (C=O) groups excluding carboxylic acids is 2. The highest BCUT2D eigenvalue weighted by Crippen LogP contribution is 2.25. The molecule has 144 valence electrons. The molecule has 0 saturated heterocycles. The van der Waals surface area contributed by atoms with Gasteiger partial charge in [0.25, 0.3) is 11.6 Å². The lowest BCUT2D eigenvalue weighted by atomic mass is 10.1. The number of nitro benzene ring substituents is 1. The normalized spacial score (nSPS) is 10.9. The molecule has 1 aromatic carbocycles. The maximum Gasteiger partial charge on any atom is 0.405 e. The summed E-state index contributed by atoms with van der Waals surface area (Å²) in [6.45, 7) is -1.91. The number of carbonyl (C=O) groups is 2. The summed E-state index contributed by atoms with van der Waals surface area (Å²) in [6.07, 6.45) is -4.59. The van der Waals surface area contributed by atoms with Gasteiger partial charge in [-0.1, -0.05) is 0 Å². The first-order valence-electron chi connectivity index (χ1n) is 7.16. The minimum absolute atomic E-state index is 0.145. The molecule has 12 heteroatoms. The standard InChI is InChI=1S/C14H16F3N3O6/c1-25-5-4-18-10-3-2-9(6-11(10)20(23)24)13(22)26-7-12(21)19-8-14(15,16)17/h2-3,6,18H,4-5,7-8H2,1H3,(H,19,21). The van der Waals surface area contributed by atoms with Crippen LogP contribution in [-0.4, -0.2) is 56.4 Å². The van der Waals surface area contributed by atoms with Crippen LogP contribution in [0.5, 0.6) is 0 Å². The summed E-state index contributed by atoms with van der Waals surface area (Å²) in [5.41, 5.74) is -0.485. The van der Waals surface area contributed by atoms with Crippen LogP contribution in [0.15, 0.2) is 18.2 Å². The van der Waals surface area contributed by atoms with Crippen molar-refractivity contribution in [2.45, 2.75) is 6.18 Å². The third kappa shape index (κ3) is 7.34. The van der Waals surface area contributed by atoms with E-state index < -0.39 is 41.8 Å². The van der Waals surface area contributed by atoms with Crippen molar-refractivity contribution in [2.24, 2.45) is 0 Å². The van der Waals surface area contributed by atoms with Gasteiger partial charge in [-0.2, -0.15) is 13.2 Å². The highest BCUT2D eigenvalue weighted by Gasteiger charge is 2.28. The van der Waals surface area contributed by atoms with Gasteiger partial charge in [0.1, 0.15) is 12.2 Å². The van der Waals surface area contributed by atoms with Gasteiger partial charge >= 0.3 is 12.1 Å². The number of hydrogen-bond acceptors (Lipinski definition) is 7. The fraction of sp³-hybridized carbons (Fsp3) is 0.429. The van der Waals surface area contributed by atoms with Crippen LogP contribution >= 0.6 is 0 Å². The van der Waals surface area contributed by atoms with E-state index in [1.807, 2.05) is 0 Å². The van der Waals surface area contributed by atoms with Gasteiger partial charge in [-0.05, 0) is 12.1 Å². The molecule has 1 aromatic rings. The highest BCUT2D eigenvalue weighted by molar-refractivity contribution is 5.93. The number of esters is 1. The molecule has 0 unspecified atom stereocenters. The van der Waals surface area contributed by atoms with Crippen molar-refractivity contribution in [3.63, 3.8) is 0 Å². The number of anilines is 1. The van der Waals surface area contributed by atoms with Crippen LogP contribution in [0.4, 0.5) is 24.5 Å². The molecule has 0 spiro atoms. The molecule has 1 amide bonds. The van der Waals surface area contributed by atoms with Gasteiger partial charge < -0.3 is 20.1 Å². The van der Waals surface area contributed by atoms with Crippen LogP contribution in [0.3, 0.4) is 0 Å². The topological polar surface area (TPSA) is 120 Å². The smallest absolute Gasteiger partial charge is 0.405 e. The number of hydrogen-bond donors (Lipinski definition) is 2. The molecule has 0 aromatic heterocycles. The van der Waals surface area contributed by atoms with E-state index in [4.69, 9.17) is 4.74 Å². The van der Waals surface area contributed by atoms with Crippen LogP contribution in [0.2, 0.25) is 0 Å². The van der Waals surface area contributed by atoms with Gasteiger partial charge in [0.15, 0.2) is 6.61 Å². The molecule has 9 nitrogen and oxygen atoms in total. The number of nitrogens with zero attached hydrogens (tertiary/aromatic N) is 1. The van der Waals surface area contributed by atoms with Gasteiger partial charge in [-0.3, -0.25) is 14.9 Å². The second-order valence-corrected chi connectivity index (χ2v) is 4.88. The number of amides is 1. The first-order chi connectivity index (χ1) is 12.1. The molecule has 0 bridgehead atoms. The quantitative estimate of drug-likeness (QED) is 0.289. The fourth-order valence-corrected chi connectivity index (χ4v) is 1.71. The Balaban J connectivity index is 2.70. The van der Waals surface area contributed by atoms with Crippen molar-refractivity contribution in [1.29, 1.82) is 0 Å². The van der Waals surface area contributed by atoms with Crippen molar-refractivity contribution in [3.05, 3.63) is 33.9 Å². The maximum atomic E-state index is 11.9. The molecule has 0 aliphatic heterocycles. The van der Waals surface area contributed by atoms with E-state index in [0.717, 1.165) is 6.07 Å². The molecular weight excluding hydrogens is 363 g/mol. The van der Waals surface area contributed by atoms with E-state index >= 15 is 0 Å². The van der Waals surface area contributed by atoms with Crippen molar-refractivity contribution in [2.75, 3.05) is 38.7 Å². The molecule has 0 fully saturated rings. The first kappa shape index (κ1) is 21.2. The maximum absolute atomic E-state index is 11.9. The van der Waals surface area contributed by atoms with E-state index in [9.17, 15) is 32.9 Å². The molecule has 0 aliphatic rings. The number of nitro groups is 1. The number of ether oxygens (including phenoxy) is 2. The van der Waals surface area contributed by atoms with Gasteiger partial charge in [0, 0.05) is 19.7 Å². The number of methoxy groups -OCH3 is 1. The van der Waals surface area contributed by atoms with E-state index in [-0.39, 0.29) is 11.3 Å². The Hall–Kier alpha value is -2.89. The minimum Gasteiger partial charge on any atom is -0.452 e. The highest BCUT2D eigenvalue weighted by atomic mass is 19.4. The monoisotopic (exact) mass is 379 g/mol. The third-order valence-corrected chi connectivity index (χ3v) is 2.87. The largest absolute Gasteiger partial charge is 0.452 e. The van der Waals surface area contributed by atoms with E-state index in [0.29, 0.717) is 13.2 Å². The lowest BCUT2D eigenvalue weighted by molar-refractivity contribution is -0.384. The second-order valence-electron chi connectivity index (χ2n) is 4.88. The number of halogens is 3. The SMILES string of the molecule is COCCNc1ccc(C(=O)OCC(=O)NCC(F)(F)F)cc1[N+](=O)[O-]. The zero-order chi connectivity index (χ0) is 19.7. The molecule has 26 heavy (non-hydrogen) atoms. The number of alkyl halides is 3. The van der Waals surface area contributed by atoms with Crippen molar-refractivity contribution >= 4 is 23.3 Å². The summed E-state index contributed by atoms with van der Waals surface area (Å²) >= 11 is 0. The Morgan fingerprint density at radius 2 is 2.00 bits per heavy atom. The Morgan fingerprint density at radius 1 is 1.31 bits per heavy atom. The van der Waals surface area contributed by atoms with Crippen LogP contribution in [0.1, 0.15) is 10.4 Å². The second kappa shape index (κ2) is 9.56. The van der Waals surface area contributed by atoms with Crippen molar-refractivity contribution in [1.82, 2.24) is 5.32 Å². The van der Waals surface area contributed by atoms with Crippen LogP contribution in [-0.2, 0) is 14.3 Å². The van der Waals surface area contributed by atoms with E-state index in [1.54, 1.807) is 0 Å². The Bertz CT molecular complexity index is 666. The third-order valence-electron chi connectivity index (χ3n) is 2.87. The predicted octanol–water partition coefficient (Wildman–Crippen LogP) is 1.49. The van der Waals surface area contributed by atoms with Crippen LogP contribution < -0.4 is 10.6 Å². The van der Waals surface area contributed by atoms with Crippen molar-refractivity contribution in [3.8, 4) is 0 Å². The molecule has 0 radical (unpaired) electrons. The summed E-state index contributed by atoms with van der Waals surface area (Å²) in [6, 6.07) is 3.43. The zero-order valence-electron chi connectivity index (χ0n) is 13.6. The van der Waals surface area contributed by atoms with Gasteiger partial charge in [0.05, 0.1) is 17.1 Å². The Labute approximate surface area is 145 Å². The average Bonchev–Trinajstić information content (AvgIpc) is 2.57. The Morgan fingerprint density at radius 3 is 2.58 bits per heavy atom. The van der Waals surface area contributed by atoms with Gasteiger partial charge in [-0.15, -0.1) is 0 Å². The lowest BCUT2D eigenvalue weighted by Crippen LogP contribution is -2.36. The van der Waals surface area contributed by atoms with Crippen LogP contribution in [0, 0.1) is 10.1 Å². The zero-order valence-corrected chi connectivity index (χ0v) is 13.6. The van der Waals surface area contributed by atoms with E-state index in [2.05, 4.69) is 10.1 Å². The Kier molecular flexibility index (Phi) is 7.77. The molecule has 1 rings (SSSR count). The number of nitrogens with one attached hydrogen (secondary N) is 2. The summed E-state index contributed by atoms with van der Waals surface area (Å²) in [4.78, 5) is 33.4. The number of benzene rings is 1. The molecule has 0 aliphatic carbocycles. The minimum atomic E-state index is -4.59. The predicted molar refractivity (Wildman–Crippen MR) is 82.8 cm³/mol. The molecule has 2 N–H and O–H groups in total. The summed E-state index contributed by atoms with van der Waals surface area (Å²) in [5, 5.41) is 15.4. The van der Waals surface area contributed by atoms with Crippen molar-refractivity contribution < 1.29 is 37.2 Å². The molecular formula is C14H16F3N3O6. The lowest BCUT2D eigenvalue weighted by Gasteiger charge is -2.10. The van der Waals surface area contributed by atoms with Crippen LogP contribution in [0.25, 0.3) is 0 Å². The summed E-state index contributed by atoms with van der Waals surface area (Å²) in [7, 11) is 1.46. The van der Waals surface area contributed by atoms with Gasteiger partial charge in [-0.25, -0.2) is 4.79 Å². The number of rotatable bonds is 9. The molecule has 0 heterocycles. The summed E-state index contributed by atoms with van der Waals surface area (Å²) in [5.74, 6) is -2.23. The molecule has 0 atom stereocenters. The van der Waals surface area contributed by atoms with E-state index in [1.165, 1.54) is 24.6 Å².